The standard InChI is InChI=1S/C9H6F3NO5/c10-9(11,12)8(17)13-3-4-1-2-5(18-4)6(14)7(15)16/h1-2H,3H2,(H,13,17)(H,15,16). The SMILES string of the molecule is O=C(O)C(=O)c1ccc(CNC(=O)C(F)(F)F)o1. The van der Waals surface area contributed by atoms with Crippen LogP contribution in [0.1, 0.15) is 16.3 Å². The molecule has 0 aliphatic carbocycles. The molecule has 1 rings (SSSR count). The van der Waals surface area contributed by atoms with Gasteiger partial charge in [-0.15, -0.1) is 0 Å². The predicted molar refractivity (Wildman–Crippen MR) is 48.6 cm³/mol. The number of hydrogen-bond donors (Lipinski definition) is 2. The maximum absolute atomic E-state index is 11.8. The number of amides is 1. The summed E-state index contributed by atoms with van der Waals surface area (Å²) in [6, 6.07) is 2.08. The molecule has 0 bridgehead atoms. The Morgan fingerprint density at radius 2 is 1.89 bits per heavy atom. The van der Waals surface area contributed by atoms with Crippen LogP contribution < -0.4 is 5.32 Å². The minimum Gasteiger partial charge on any atom is -0.475 e. The Morgan fingerprint density at radius 1 is 1.28 bits per heavy atom. The first-order valence-electron chi connectivity index (χ1n) is 4.43. The van der Waals surface area contributed by atoms with Gasteiger partial charge in [-0.2, -0.15) is 13.2 Å². The van der Waals surface area contributed by atoms with E-state index in [0.717, 1.165) is 12.1 Å². The Labute approximate surface area is 97.4 Å². The van der Waals surface area contributed by atoms with E-state index in [0.29, 0.717) is 0 Å². The summed E-state index contributed by atoms with van der Waals surface area (Å²) in [5, 5.41) is 9.85. The average molecular weight is 265 g/mol. The number of furan rings is 1. The zero-order valence-corrected chi connectivity index (χ0v) is 8.58. The third-order valence-corrected chi connectivity index (χ3v) is 1.76. The number of nitrogens with one attached hydrogen (secondary N) is 1. The number of hydrogen-bond acceptors (Lipinski definition) is 4. The summed E-state index contributed by atoms with van der Waals surface area (Å²) < 4.78 is 40.1. The number of ketones is 1. The number of carboxylic acid groups (broad SMARTS) is 1. The average Bonchev–Trinajstić information content (AvgIpc) is 2.71. The molecule has 0 aliphatic rings. The van der Waals surface area contributed by atoms with Crippen molar-refractivity contribution in [2.45, 2.75) is 12.7 Å². The number of aliphatic carboxylic acids is 1. The molecular formula is C9H6F3NO5. The molecule has 98 valence electrons. The fourth-order valence-corrected chi connectivity index (χ4v) is 0.968. The molecule has 1 heterocycles. The molecule has 0 saturated carbocycles. The predicted octanol–water partition coefficient (Wildman–Crippen LogP) is 0.725. The van der Waals surface area contributed by atoms with Gasteiger partial charge in [0.2, 0.25) is 0 Å². The van der Waals surface area contributed by atoms with Crippen LogP contribution >= 0.6 is 0 Å². The van der Waals surface area contributed by atoms with Gasteiger partial charge in [-0.1, -0.05) is 0 Å². The van der Waals surface area contributed by atoms with Crippen molar-refractivity contribution in [1.82, 2.24) is 5.32 Å². The van der Waals surface area contributed by atoms with E-state index in [1.165, 1.54) is 5.32 Å². The first-order valence-corrected chi connectivity index (χ1v) is 4.43. The van der Waals surface area contributed by atoms with Crippen molar-refractivity contribution < 1.29 is 37.1 Å². The number of alkyl halides is 3. The van der Waals surface area contributed by atoms with Gasteiger partial charge in [0.15, 0.2) is 5.76 Å². The van der Waals surface area contributed by atoms with Crippen LogP contribution in [0.4, 0.5) is 13.2 Å². The third kappa shape index (κ3) is 3.34. The zero-order chi connectivity index (χ0) is 13.9. The van der Waals surface area contributed by atoms with Crippen LogP contribution in [0.3, 0.4) is 0 Å². The van der Waals surface area contributed by atoms with E-state index in [-0.39, 0.29) is 5.76 Å². The van der Waals surface area contributed by atoms with Crippen LogP contribution in [-0.2, 0) is 16.1 Å². The fourth-order valence-electron chi connectivity index (χ4n) is 0.968. The molecule has 2 N–H and O–H groups in total. The quantitative estimate of drug-likeness (QED) is 0.617. The summed E-state index contributed by atoms with van der Waals surface area (Å²) in [5.74, 6) is -5.94. The smallest absolute Gasteiger partial charge is 0.471 e. The zero-order valence-electron chi connectivity index (χ0n) is 8.58. The Hall–Kier alpha value is -2.32. The number of carboxylic acids is 1. The molecule has 0 spiro atoms. The topological polar surface area (TPSA) is 96.6 Å². The molecule has 0 saturated heterocycles. The van der Waals surface area contributed by atoms with Gasteiger partial charge in [0.1, 0.15) is 5.76 Å². The highest BCUT2D eigenvalue weighted by molar-refractivity contribution is 6.38. The van der Waals surface area contributed by atoms with Gasteiger partial charge in [-0.25, -0.2) is 4.79 Å². The summed E-state index contributed by atoms with van der Waals surface area (Å²) in [6.07, 6.45) is -5.02. The number of halogens is 3. The molecule has 0 radical (unpaired) electrons. The molecule has 0 aliphatic heterocycles. The lowest BCUT2D eigenvalue weighted by molar-refractivity contribution is -0.173. The summed E-state index contributed by atoms with van der Waals surface area (Å²) >= 11 is 0. The van der Waals surface area contributed by atoms with Gasteiger partial charge in [-0.05, 0) is 12.1 Å². The molecule has 9 heteroatoms. The van der Waals surface area contributed by atoms with E-state index in [1.807, 2.05) is 0 Å². The van der Waals surface area contributed by atoms with E-state index in [2.05, 4.69) is 4.42 Å². The third-order valence-electron chi connectivity index (χ3n) is 1.76. The molecule has 18 heavy (non-hydrogen) atoms. The van der Waals surface area contributed by atoms with Crippen LogP contribution in [0.5, 0.6) is 0 Å². The molecule has 0 fully saturated rings. The van der Waals surface area contributed by atoms with Crippen molar-refractivity contribution in [2.24, 2.45) is 0 Å². The van der Waals surface area contributed by atoms with Crippen LogP contribution in [0.15, 0.2) is 16.5 Å². The van der Waals surface area contributed by atoms with Gasteiger partial charge in [-0.3, -0.25) is 9.59 Å². The Kier molecular flexibility index (Phi) is 3.74. The molecule has 1 amide bonds. The van der Waals surface area contributed by atoms with Crippen molar-refractivity contribution in [3.8, 4) is 0 Å². The molecular weight excluding hydrogens is 259 g/mol. The number of rotatable bonds is 4. The number of carbonyl (C=O) groups excluding carboxylic acids is 2. The maximum atomic E-state index is 11.8. The van der Waals surface area contributed by atoms with Crippen molar-refractivity contribution >= 4 is 17.7 Å². The Balaban J connectivity index is 2.63. The summed E-state index contributed by atoms with van der Waals surface area (Å²) in [6.45, 7) is -0.606. The van der Waals surface area contributed by atoms with Gasteiger partial charge in [0.05, 0.1) is 6.54 Å². The normalized spacial score (nSPS) is 11.1. The van der Waals surface area contributed by atoms with Crippen molar-refractivity contribution in [3.63, 3.8) is 0 Å². The lowest BCUT2D eigenvalue weighted by Gasteiger charge is -2.05. The first kappa shape index (κ1) is 13.7. The van der Waals surface area contributed by atoms with Crippen molar-refractivity contribution in [2.75, 3.05) is 0 Å². The molecule has 1 aromatic heterocycles. The van der Waals surface area contributed by atoms with E-state index in [4.69, 9.17) is 5.11 Å². The minimum atomic E-state index is -5.02. The van der Waals surface area contributed by atoms with Crippen LogP contribution in [0, 0.1) is 0 Å². The monoisotopic (exact) mass is 265 g/mol. The maximum Gasteiger partial charge on any atom is 0.471 e. The van der Waals surface area contributed by atoms with Crippen LogP contribution in [0.25, 0.3) is 0 Å². The largest absolute Gasteiger partial charge is 0.475 e. The Morgan fingerprint density at radius 3 is 2.39 bits per heavy atom. The van der Waals surface area contributed by atoms with E-state index in [1.54, 1.807) is 0 Å². The summed E-state index contributed by atoms with van der Waals surface area (Å²) in [7, 11) is 0. The lowest BCUT2D eigenvalue weighted by Crippen LogP contribution is -2.36. The van der Waals surface area contributed by atoms with E-state index >= 15 is 0 Å². The molecule has 0 aromatic carbocycles. The van der Waals surface area contributed by atoms with Crippen molar-refractivity contribution in [3.05, 3.63) is 23.7 Å². The second-order valence-electron chi connectivity index (χ2n) is 3.08. The first-order chi connectivity index (χ1) is 8.21. The highest BCUT2D eigenvalue weighted by atomic mass is 19.4. The van der Waals surface area contributed by atoms with Crippen molar-refractivity contribution in [1.29, 1.82) is 0 Å². The second kappa shape index (κ2) is 4.90. The highest BCUT2D eigenvalue weighted by Gasteiger charge is 2.38. The van der Waals surface area contributed by atoms with Gasteiger partial charge >= 0.3 is 23.8 Å². The molecule has 0 unspecified atom stereocenters. The summed E-state index contributed by atoms with van der Waals surface area (Å²) in [4.78, 5) is 31.6. The van der Waals surface area contributed by atoms with E-state index in [9.17, 15) is 27.6 Å². The lowest BCUT2D eigenvalue weighted by atomic mass is 10.3. The highest BCUT2D eigenvalue weighted by Crippen LogP contribution is 2.15. The molecule has 1 aromatic rings. The van der Waals surface area contributed by atoms with Gasteiger partial charge in [0.25, 0.3) is 0 Å². The van der Waals surface area contributed by atoms with Gasteiger partial charge < -0.3 is 14.8 Å². The van der Waals surface area contributed by atoms with Crippen LogP contribution in [0.2, 0.25) is 0 Å². The fraction of sp³-hybridized carbons (Fsp3) is 0.222. The number of Topliss-reactive ketones (excluding diaryl/α,β-unsaturated/α-hetero) is 1. The summed E-state index contributed by atoms with van der Waals surface area (Å²) in [5.41, 5.74) is 0. The second-order valence-corrected chi connectivity index (χ2v) is 3.08. The molecule has 0 atom stereocenters. The number of carbonyl (C=O) groups is 3. The van der Waals surface area contributed by atoms with Crippen LogP contribution in [-0.4, -0.2) is 28.9 Å². The Bertz CT molecular complexity index is 491. The van der Waals surface area contributed by atoms with E-state index < -0.39 is 36.1 Å². The molecule has 6 nitrogen and oxygen atoms in total. The van der Waals surface area contributed by atoms with Gasteiger partial charge in [0, 0.05) is 0 Å². The minimum absolute atomic E-state index is 0.169.